The second kappa shape index (κ2) is 12.4. The van der Waals surface area contributed by atoms with E-state index in [1.54, 1.807) is 17.0 Å². The van der Waals surface area contributed by atoms with Crippen molar-refractivity contribution in [2.75, 3.05) is 6.54 Å². The minimum atomic E-state index is -0.271. The average Bonchev–Trinajstić information content (AvgIpc) is 3.50. The molecule has 0 radical (unpaired) electrons. The number of hydrogen-bond acceptors (Lipinski definition) is 5. The number of para-hydroxylation sites is 1. The Kier molecular flexibility index (Phi) is 8.54. The highest BCUT2D eigenvalue weighted by molar-refractivity contribution is 8.26. The summed E-state index contributed by atoms with van der Waals surface area (Å²) in [5.74, 6) is 0.372. The fourth-order valence-corrected chi connectivity index (χ4v) is 5.54. The van der Waals surface area contributed by atoms with E-state index >= 15 is 0 Å². The highest BCUT2D eigenvalue weighted by Gasteiger charge is 2.32. The van der Waals surface area contributed by atoms with E-state index in [9.17, 15) is 9.18 Å². The largest absolute Gasteiger partial charge is 0.489 e. The van der Waals surface area contributed by atoms with Crippen LogP contribution in [0.15, 0.2) is 90.0 Å². The van der Waals surface area contributed by atoms with Gasteiger partial charge in [0.15, 0.2) is 0 Å². The van der Waals surface area contributed by atoms with Gasteiger partial charge in [-0.25, -0.2) is 9.07 Å². The van der Waals surface area contributed by atoms with Gasteiger partial charge in [-0.1, -0.05) is 74.1 Å². The lowest BCUT2D eigenvalue weighted by atomic mass is 10.1. The Hall–Kier alpha value is -3.75. The molecule has 5 nitrogen and oxygen atoms in total. The van der Waals surface area contributed by atoms with E-state index < -0.39 is 0 Å². The number of thioether (sulfide) groups is 1. The predicted octanol–water partition coefficient (Wildman–Crippen LogP) is 7.65. The lowest BCUT2D eigenvalue weighted by Crippen LogP contribution is -2.28. The number of carbonyl (C=O) groups is 1. The Labute approximate surface area is 237 Å². The van der Waals surface area contributed by atoms with Crippen molar-refractivity contribution in [3.63, 3.8) is 0 Å². The third-order valence-corrected chi connectivity index (χ3v) is 7.73. The first kappa shape index (κ1) is 26.8. The van der Waals surface area contributed by atoms with E-state index in [4.69, 9.17) is 22.1 Å². The molecule has 0 N–H and O–H groups in total. The predicted molar refractivity (Wildman–Crippen MR) is 159 cm³/mol. The molecule has 0 aliphatic carbocycles. The highest BCUT2D eigenvalue weighted by Crippen LogP contribution is 2.35. The van der Waals surface area contributed by atoms with Crippen LogP contribution in [0.5, 0.6) is 5.75 Å². The zero-order valence-electron chi connectivity index (χ0n) is 21.5. The summed E-state index contributed by atoms with van der Waals surface area (Å²) in [6.45, 7) is 3.12. The first-order valence-corrected chi connectivity index (χ1v) is 14.1. The molecule has 4 aromatic rings. The van der Waals surface area contributed by atoms with Crippen LogP contribution in [-0.4, -0.2) is 31.5 Å². The Morgan fingerprint density at radius 3 is 2.46 bits per heavy atom. The molecule has 1 aliphatic rings. The average molecular weight is 558 g/mol. The molecule has 1 amide bonds. The number of thiocarbonyl (C=S) groups is 1. The van der Waals surface area contributed by atoms with Crippen molar-refractivity contribution in [1.29, 1.82) is 0 Å². The topological polar surface area (TPSA) is 47.4 Å². The number of halogens is 1. The van der Waals surface area contributed by atoms with Crippen LogP contribution in [0.4, 0.5) is 4.39 Å². The zero-order valence-corrected chi connectivity index (χ0v) is 23.2. The Balaban J connectivity index is 1.41. The normalized spacial score (nSPS) is 14.4. The number of amides is 1. The van der Waals surface area contributed by atoms with Crippen LogP contribution in [-0.2, 0) is 11.4 Å². The second-order valence-electron chi connectivity index (χ2n) is 9.19. The summed E-state index contributed by atoms with van der Waals surface area (Å²) in [5.41, 5.74) is 4.28. The van der Waals surface area contributed by atoms with Crippen LogP contribution in [0, 0.1) is 5.82 Å². The van der Waals surface area contributed by atoms with Crippen molar-refractivity contribution in [1.82, 2.24) is 14.7 Å². The SMILES string of the molecule is CCCCCN1C(=O)C(=Cc2cn(-c3ccccc3)nc2-c2ccc(OCc3ccc(F)cc3)cc2)SC1=S. The number of nitrogens with zero attached hydrogens (tertiary/aromatic N) is 3. The molecule has 0 saturated carbocycles. The minimum absolute atomic E-state index is 0.0518. The van der Waals surface area contributed by atoms with E-state index in [2.05, 4.69) is 6.92 Å². The van der Waals surface area contributed by atoms with Crippen LogP contribution in [0.2, 0.25) is 0 Å². The molecule has 1 aromatic heterocycles. The van der Waals surface area contributed by atoms with Gasteiger partial charge < -0.3 is 4.74 Å². The maximum atomic E-state index is 13.2. The van der Waals surface area contributed by atoms with Gasteiger partial charge in [0, 0.05) is 23.9 Å². The van der Waals surface area contributed by atoms with Crippen LogP contribution in [0.1, 0.15) is 37.3 Å². The highest BCUT2D eigenvalue weighted by atomic mass is 32.2. The number of carbonyl (C=O) groups excluding carboxylic acids is 1. The number of aromatic nitrogens is 2. The molecule has 1 fully saturated rings. The van der Waals surface area contributed by atoms with Crippen LogP contribution >= 0.6 is 24.0 Å². The summed E-state index contributed by atoms with van der Waals surface area (Å²) < 4.78 is 21.5. The molecule has 0 unspecified atom stereocenters. The summed E-state index contributed by atoms with van der Waals surface area (Å²) in [7, 11) is 0. The second-order valence-corrected chi connectivity index (χ2v) is 10.9. The molecule has 2 heterocycles. The maximum Gasteiger partial charge on any atom is 0.266 e. The van der Waals surface area contributed by atoms with E-state index in [1.807, 2.05) is 71.6 Å². The minimum Gasteiger partial charge on any atom is -0.489 e. The van der Waals surface area contributed by atoms with Crippen LogP contribution in [0.3, 0.4) is 0 Å². The fraction of sp³-hybridized carbons (Fsp3) is 0.194. The molecule has 0 atom stereocenters. The number of hydrogen-bond donors (Lipinski definition) is 0. The van der Waals surface area contributed by atoms with Gasteiger partial charge >= 0.3 is 0 Å². The van der Waals surface area contributed by atoms with Gasteiger partial charge in [0.1, 0.15) is 22.5 Å². The Morgan fingerprint density at radius 2 is 1.74 bits per heavy atom. The Bertz CT molecular complexity index is 1480. The van der Waals surface area contributed by atoms with Crippen molar-refractivity contribution in [2.24, 2.45) is 0 Å². The van der Waals surface area contributed by atoms with E-state index in [1.165, 1.54) is 23.9 Å². The summed E-state index contributed by atoms with van der Waals surface area (Å²) in [4.78, 5) is 15.5. The smallest absolute Gasteiger partial charge is 0.266 e. The van der Waals surface area contributed by atoms with Gasteiger partial charge in [0.05, 0.1) is 16.3 Å². The van der Waals surface area contributed by atoms with Gasteiger partial charge in [0.25, 0.3) is 5.91 Å². The summed E-state index contributed by atoms with van der Waals surface area (Å²) in [6, 6.07) is 23.8. The fourth-order valence-electron chi connectivity index (χ4n) is 4.24. The van der Waals surface area contributed by atoms with Gasteiger partial charge in [-0.05, 0) is 66.6 Å². The molecule has 0 spiro atoms. The molecule has 3 aromatic carbocycles. The monoisotopic (exact) mass is 557 g/mol. The zero-order chi connectivity index (χ0) is 27.2. The van der Waals surface area contributed by atoms with E-state index in [0.717, 1.165) is 47.3 Å². The number of benzene rings is 3. The summed E-state index contributed by atoms with van der Waals surface area (Å²) >= 11 is 6.86. The molecular formula is C31H28FN3O2S2. The third kappa shape index (κ3) is 6.46. The first-order valence-electron chi connectivity index (χ1n) is 12.9. The number of ether oxygens (including phenoxy) is 1. The van der Waals surface area contributed by atoms with Crippen molar-refractivity contribution >= 4 is 40.3 Å². The Morgan fingerprint density at radius 1 is 1.00 bits per heavy atom. The first-order chi connectivity index (χ1) is 19.0. The lowest BCUT2D eigenvalue weighted by molar-refractivity contribution is -0.122. The van der Waals surface area contributed by atoms with E-state index in [-0.39, 0.29) is 11.7 Å². The van der Waals surface area contributed by atoms with Crippen molar-refractivity contribution in [3.8, 4) is 22.7 Å². The molecule has 198 valence electrons. The molecule has 1 saturated heterocycles. The molecule has 8 heteroatoms. The van der Waals surface area contributed by atoms with Crippen molar-refractivity contribution in [3.05, 3.63) is 107 Å². The molecule has 1 aliphatic heterocycles. The third-order valence-electron chi connectivity index (χ3n) is 6.36. The summed E-state index contributed by atoms with van der Waals surface area (Å²) in [6.07, 6.45) is 6.91. The van der Waals surface area contributed by atoms with Gasteiger partial charge in [0.2, 0.25) is 0 Å². The standard InChI is InChI=1S/C31H28FN3O2S2/c1-2-3-7-18-34-30(36)28(39-31(34)38)19-24-20-35(26-8-5-4-6-9-26)33-29(24)23-12-16-27(17-13-23)37-21-22-10-14-25(32)15-11-22/h4-6,8-17,19-20H,2-3,7,18,21H2,1H3. The van der Waals surface area contributed by atoms with Crippen molar-refractivity contribution < 1.29 is 13.9 Å². The lowest BCUT2D eigenvalue weighted by Gasteiger charge is -2.13. The summed E-state index contributed by atoms with van der Waals surface area (Å²) in [5, 5.41) is 4.88. The van der Waals surface area contributed by atoms with Gasteiger partial charge in [-0.3, -0.25) is 9.69 Å². The quantitative estimate of drug-likeness (QED) is 0.114. The van der Waals surface area contributed by atoms with Crippen molar-refractivity contribution in [2.45, 2.75) is 32.8 Å². The molecule has 0 bridgehead atoms. The molecule has 5 rings (SSSR count). The van der Waals surface area contributed by atoms with Gasteiger partial charge in [-0.15, -0.1) is 0 Å². The van der Waals surface area contributed by atoms with E-state index in [0.29, 0.717) is 28.1 Å². The number of unbranched alkanes of at least 4 members (excludes halogenated alkanes) is 2. The maximum absolute atomic E-state index is 13.2. The molecule has 39 heavy (non-hydrogen) atoms. The van der Waals surface area contributed by atoms with Crippen LogP contribution < -0.4 is 4.74 Å². The molecular weight excluding hydrogens is 529 g/mol. The van der Waals surface area contributed by atoms with Gasteiger partial charge in [-0.2, -0.15) is 5.10 Å². The number of rotatable bonds is 10. The van der Waals surface area contributed by atoms with Crippen LogP contribution in [0.25, 0.3) is 23.0 Å².